The van der Waals surface area contributed by atoms with Crippen molar-refractivity contribution in [2.75, 3.05) is 0 Å². The van der Waals surface area contributed by atoms with Crippen molar-refractivity contribution in [3.05, 3.63) is 41.4 Å². The molecular weight excluding hydrogens is 212 g/mol. The summed E-state index contributed by atoms with van der Waals surface area (Å²) >= 11 is 0. The largest absolute Gasteiger partial charge is 0.361 e. The van der Waals surface area contributed by atoms with Crippen LogP contribution in [-0.4, -0.2) is 16.8 Å². The zero-order valence-corrected chi connectivity index (χ0v) is 10.2. The van der Waals surface area contributed by atoms with Crippen LogP contribution in [0.2, 0.25) is 0 Å². The number of hydrogen-bond acceptors (Lipinski definition) is 1. The van der Waals surface area contributed by atoms with E-state index in [-0.39, 0.29) is 11.7 Å². The molecule has 90 valence electrons. The van der Waals surface area contributed by atoms with E-state index >= 15 is 0 Å². The Hall–Kier alpha value is -1.73. The molecule has 0 saturated heterocycles. The maximum atomic E-state index is 11.6. The molecule has 1 aromatic rings. The average Bonchev–Trinajstić information content (AvgIpc) is 2.36. The topological polar surface area (TPSA) is 53.5 Å². The van der Waals surface area contributed by atoms with Gasteiger partial charge in [-0.3, -0.25) is 4.79 Å². The molecule has 0 spiro atoms. The van der Waals surface area contributed by atoms with Gasteiger partial charge in [0.2, 0.25) is 5.78 Å². The van der Waals surface area contributed by atoms with Gasteiger partial charge in [-0.15, -0.1) is 0 Å². The quantitative estimate of drug-likeness (QED) is 0.403. The van der Waals surface area contributed by atoms with E-state index in [4.69, 9.17) is 5.53 Å². The zero-order valence-electron chi connectivity index (χ0n) is 10.2. The van der Waals surface area contributed by atoms with Gasteiger partial charge in [0.05, 0.1) is 0 Å². The summed E-state index contributed by atoms with van der Waals surface area (Å²) in [4.78, 5) is 14.5. The molecule has 1 rings (SSSR count). The summed E-state index contributed by atoms with van der Waals surface area (Å²) in [6.07, 6.45) is 4.52. The molecule has 0 bridgehead atoms. The van der Waals surface area contributed by atoms with E-state index in [9.17, 15) is 4.79 Å². The molecule has 1 aromatic carbocycles. The molecule has 0 N–H and O–H groups in total. The predicted octanol–water partition coefficient (Wildman–Crippen LogP) is 2.91. The van der Waals surface area contributed by atoms with E-state index in [0.29, 0.717) is 0 Å². The minimum absolute atomic E-state index is 0.0314. The smallest absolute Gasteiger partial charge is 0.323 e. The van der Waals surface area contributed by atoms with Crippen molar-refractivity contribution in [1.29, 1.82) is 0 Å². The Kier molecular flexibility index (Phi) is 5.91. The van der Waals surface area contributed by atoms with Crippen molar-refractivity contribution in [3.8, 4) is 0 Å². The van der Waals surface area contributed by atoms with Gasteiger partial charge >= 0.3 is 6.21 Å². The Labute approximate surface area is 102 Å². The lowest BCUT2D eigenvalue weighted by Crippen LogP contribution is -2.16. The molecule has 0 aromatic heterocycles. The van der Waals surface area contributed by atoms with Crippen molar-refractivity contribution in [2.24, 2.45) is 5.92 Å². The van der Waals surface area contributed by atoms with Gasteiger partial charge < -0.3 is 5.53 Å². The summed E-state index contributed by atoms with van der Waals surface area (Å²) in [5, 5.41) is 0. The number of ketones is 1. The van der Waals surface area contributed by atoms with E-state index in [0.717, 1.165) is 31.9 Å². The third kappa shape index (κ3) is 4.75. The van der Waals surface area contributed by atoms with Crippen LogP contribution in [0.5, 0.6) is 0 Å². The Bertz CT molecular complexity index is 394. The van der Waals surface area contributed by atoms with Gasteiger partial charge in [-0.1, -0.05) is 43.7 Å². The lowest BCUT2D eigenvalue weighted by Gasteiger charge is -2.10. The molecule has 3 nitrogen and oxygen atoms in total. The lowest BCUT2D eigenvalue weighted by molar-refractivity contribution is -0.120. The fraction of sp³-hybridized carbons (Fsp3) is 0.429. The molecule has 17 heavy (non-hydrogen) atoms. The van der Waals surface area contributed by atoms with Crippen LogP contribution in [-0.2, 0) is 11.2 Å². The number of Topliss-reactive ketones (excluding diaryl/α,β-unsaturated/α-hetero) is 1. The lowest BCUT2D eigenvalue weighted by atomic mass is 9.92. The van der Waals surface area contributed by atoms with Crippen LogP contribution in [0, 0.1) is 5.92 Å². The molecule has 3 heteroatoms. The van der Waals surface area contributed by atoms with Crippen molar-refractivity contribution >= 4 is 12.0 Å². The van der Waals surface area contributed by atoms with E-state index in [2.05, 4.69) is 23.8 Å². The molecule has 0 fully saturated rings. The molecule has 0 amide bonds. The van der Waals surface area contributed by atoms with Crippen LogP contribution in [0.4, 0.5) is 0 Å². The van der Waals surface area contributed by atoms with Gasteiger partial charge in [0, 0.05) is 5.92 Å². The van der Waals surface area contributed by atoms with Crippen LogP contribution in [0.1, 0.15) is 31.7 Å². The highest BCUT2D eigenvalue weighted by molar-refractivity contribution is 6.26. The normalized spacial score (nSPS) is 11.6. The molecule has 0 radical (unpaired) electrons. The second-order valence-electron chi connectivity index (χ2n) is 4.16. The first kappa shape index (κ1) is 13.3. The van der Waals surface area contributed by atoms with Gasteiger partial charge in [-0.05, 0) is 24.8 Å². The van der Waals surface area contributed by atoms with Crippen LogP contribution >= 0.6 is 0 Å². The van der Waals surface area contributed by atoms with Crippen LogP contribution < -0.4 is 0 Å². The Morgan fingerprint density at radius 2 is 2.06 bits per heavy atom. The monoisotopic (exact) mass is 230 g/mol. The highest BCUT2D eigenvalue weighted by Crippen LogP contribution is 2.15. The molecule has 0 aliphatic rings. The highest BCUT2D eigenvalue weighted by atomic mass is 16.1. The third-order valence-corrected chi connectivity index (χ3v) is 2.85. The summed E-state index contributed by atoms with van der Waals surface area (Å²) < 4.78 is 0. The van der Waals surface area contributed by atoms with E-state index in [1.165, 1.54) is 5.56 Å². The van der Waals surface area contributed by atoms with Gasteiger partial charge in [-0.25, -0.2) is 0 Å². The maximum Gasteiger partial charge on any atom is 0.323 e. The first-order valence-electron chi connectivity index (χ1n) is 6.03. The number of carbonyl (C=O) groups excluding carboxylic acids is 1. The minimum atomic E-state index is -0.0784. The molecule has 0 saturated carbocycles. The second kappa shape index (κ2) is 7.53. The number of rotatable bonds is 7. The number of hydrogen-bond donors (Lipinski definition) is 0. The summed E-state index contributed by atoms with van der Waals surface area (Å²) in [6.45, 7) is 2.05. The van der Waals surface area contributed by atoms with Crippen LogP contribution in [0.25, 0.3) is 5.53 Å². The molecule has 0 heterocycles. The maximum absolute atomic E-state index is 11.6. The summed E-state index contributed by atoms with van der Waals surface area (Å²) in [6, 6.07) is 10.1. The standard InChI is InChI=1S/C14H18N2O/c1-2-6-13(14(17)11-16-15)10-9-12-7-4-3-5-8-12/h3-5,7-8,11,13H,2,6,9-10H2,1H3. The number of carbonyl (C=O) groups is 1. The first-order valence-corrected chi connectivity index (χ1v) is 6.03. The predicted molar refractivity (Wildman–Crippen MR) is 67.9 cm³/mol. The van der Waals surface area contributed by atoms with Crippen molar-refractivity contribution in [2.45, 2.75) is 32.6 Å². The van der Waals surface area contributed by atoms with Crippen molar-refractivity contribution in [1.82, 2.24) is 0 Å². The number of nitrogens with zero attached hydrogens (tertiary/aromatic N) is 2. The molecule has 1 atom stereocenters. The Morgan fingerprint density at radius 3 is 2.65 bits per heavy atom. The van der Waals surface area contributed by atoms with Crippen molar-refractivity contribution < 1.29 is 9.58 Å². The summed E-state index contributed by atoms with van der Waals surface area (Å²) in [5.74, 6) is -0.110. The van der Waals surface area contributed by atoms with Crippen LogP contribution in [0.3, 0.4) is 0 Å². The van der Waals surface area contributed by atoms with Gasteiger partial charge in [-0.2, -0.15) is 4.79 Å². The Morgan fingerprint density at radius 1 is 1.35 bits per heavy atom. The van der Waals surface area contributed by atoms with E-state index < -0.39 is 0 Å². The fourth-order valence-corrected chi connectivity index (χ4v) is 1.93. The van der Waals surface area contributed by atoms with Gasteiger partial charge in [0.25, 0.3) is 0 Å². The van der Waals surface area contributed by atoms with Gasteiger partial charge in [0.1, 0.15) is 0 Å². The average molecular weight is 230 g/mol. The summed E-state index contributed by atoms with van der Waals surface area (Å²) in [7, 11) is 0. The third-order valence-electron chi connectivity index (χ3n) is 2.85. The zero-order chi connectivity index (χ0) is 12.5. The highest BCUT2D eigenvalue weighted by Gasteiger charge is 2.18. The SMILES string of the molecule is CCCC(CCc1ccccc1)C(=O)C=[N+]=[N-]. The van der Waals surface area contributed by atoms with Gasteiger partial charge in [0.15, 0.2) is 0 Å². The number of benzene rings is 1. The van der Waals surface area contributed by atoms with E-state index in [1.807, 2.05) is 18.2 Å². The Balaban J connectivity index is 2.55. The van der Waals surface area contributed by atoms with E-state index in [1.54, 1.807) is 0 Å². The molecule has 0 aliphatic carbocycles. The second-order valence-corrected chi connectivity index (χ2v) is 4.16. The molecule has 1 unspecified atom stereocenters. The number of aryl methyl sites for hydroxylation is 1. The molecule has 0 aliphatic heterocycles. The summed E-state index contributed by atoms with van der Waals surface area (Å²) in [5.41, 5.74) is 9.63. The molecular formula is C14H18N2O. The first-order chi connectivity index (χ1) is 8.27. The van der Waals surface area contributed by atoms with Crippen molar-refractivity contribution in [3.63, 3.8) is 0 Å². The van der Waals surface area contributed by atoms with Crippen LogP contribution in [0.15, 0.2) is 30.3 Å². The minimum Gasteiger partial charge on any atom is -0.361 e. The fourth-order valence-electron chi connectivity index (χ4n) is 1.93.